The van der Waals surface area contributed by atoms with E-state index in [1.54, 1.807) is 0 Å². The zero-order valence-electron chi connectivity index (χ0n) is 28.6. The maximum atomic E-state index is 6.97. The molecule has 1 saturated carbocycles. The van der Waals surface area contributed by atoms with Crippen molar-refractivity contribution in [2.45, 2.75) is 38.0 Å². The summed E-state index contributed by atoms with van der Waals surface area (Å²) in [6.07, 6.45) is 6.10. The highest BCUT2D eigenvalue weighted by Gasteiger charge is 2.27. The maximum Gasteiger partial charge on any atom is 0.139 e. The van der Waals surface area contributed by atoms with Crippen LogP contribution in [0.1, 0.15) is 43.6 Å². The molecular weight excluding hydrogens is 637 g/mol. The van der Waals surface area contributed by atoms with Crippen LogP contribution in [0, 0.1) is 0 Å². The quantitative estimate of drug-likeness (QED) is 0.188. The van der Waals surface area contributed by atoms with E-state index in [-0.39, 0.29) is 0 Å². The Labute approximate surface area is 299 Å². The van der Waals surface area contributed by atoms with Gasteiger partial charge in [-0.2, -0.15) is 0 Å². The Hall–Kier alpha value is -6.26. The first kappa shape index (κ1) is 28.4. The lowest BCUT2D eigenvalue weighted by Crippen LogP contribution is -2.05. The molecule has 4 heterocycles. The molecule has 0 unspecified atom stereocenters. The molecular formula is C48H34N2O2. The van der Waals surface area contributed by atoms with Gasteiger partial charge in [-0.15, -0.1) is 0 Å². The largest absolute Gasteiger partial charge is 0.456 e. The molecule has 0 spiro atoms. The summed E-state index contributed by atoms with van der Waals surface area (Å²) in [6, 6.07) is 50.5. The number of hydrogen-bond acceptors (Lipinski definition) is 2. The van der Waals surface area contributed by atoms with Crippen LogP contribution in [0.5, 0.6) is 0 Å². The average Bonchev–Trinajstić information content (AvgIpc) is 3.94. The molecule has 1 aliphatic rings. The molecule has 0 bridgehead atoms. The number of fused-ring (bicyclic) bond motifs is 12. The van der Waals surface area contributed by atoms with Crippen molar-refractivity contribution in [3.63, 3.8) is 0 Å². The van der Waals surface area contributed by atoms with Crippen molar-refractivity contribution in [3.8, 4) is 11.4 Å². The van der Waals surface area contributed by atoms with Crippen LogP contribution in [0.15, 0.2) is 148 Å². The molecule has 0 amide bonds. The molecule has 0 saturated heterocycles. The van der Waals surface area contributed by atoms with Crippen LogP contribution >= 0.6 is 0 Å². The lowest BCUT2D eigenvalue weighted by molar-refractivity contribution is 0.444. The van der Waals surface area contributed by atoms with Crippen LogP contribution in [0.2, 0.25) is 0 Å². The van der Waals surface area contributed by atoms with E-state index in [1.807, 2.05) is 0 Å². The molecule has 4 heteroatoms. The highest BCUT2D eigenvalue weighted by atomic mass is 16.3. The summed E-state index contributed by atoms with van der Waals surface area (Å²) >= 11 is 0. The lowest BCUT2D eigenvalue weighted by Gasteiger charge is -2.23. The van der Waals surface area contributed by atoms with Gasteiger partial charge in [0.1, 0.15) is 22.3 Å². The minimum absolute atomic E-state index is 0.412. The molecule has 11 aromatic rings. The second-order valence-electron chi connectivity index (χ2n) is 14.7. The Morgan fingerprint density at radius 2 is 0.885 bits per heavy atom. The summed E-state index contributed by atoms with van der Waals surface area (Å²) in [7, 11) is 0. The van der Waals surface area contributed by atoms with E-state index >= 15 is 0 Å². The molecule has 4 nitrogen and oxygen atoms in total. The minimum Gasteiger partial charge on any atom is -0.456 e. The Morgan fingerprint density at radius 1 is 0.404 bits per heavy atom. The first-order valence-corrected chi connectivity index (χ1v) is 18.6. The van der Waals surface area contributed by atoms with Gasteiger partial charge in [0.25, 0.3) is 0 Å². The van der Waals surface area contributed by atoms with Gasteiger partial charge in [-0.25, -0.2) is 0 Å². The zero-order chi connectivity index (χ0) is 33.9. The fourth-order valence-corrected chi connectivity index (χ4v) is 9.64. The Bertz CT molecular complexity index is 3120. The Balaban J connectivity index is 1.14. The molecule has 1 fully saturated rings. The first-order chi connectivity index (χ1) is 25.8. The molecule has 52 heavy (non-hydrogen) atoms. The number of para-hydroxylation sites is 4. The van der Waals surface area contributed by atoms with Gasteiger partial charge in [-0.05, 0) is 85.5 Å². The van der Waals surface area contributed by atoms with Crippen molar-refractivity contribution in [2.75, 3.05) is 0 Å². The summed E-state index contributed by atoms with van der Waals surface area (Å²) < 4.78 is 18.6. The fraction of sp³-hybridized carbons (Fsp3) is 0.125. The van der Waals surface area contributed by atoms with Crippen molar-refractivity contribution < 1.29 is 8.83 Å². The number of nitrogens with zero attached hydrogens (tertiary/aromatic N) is 2. The molecule has 0 aliphatic heterocycles. The van der Waals surface area contributed by atoms with E-state index in [0.29, 0.717) is 5.92 Å². The summed E-state index contributed by atoms with van der Waals surface area (Å²) in [5.74, 6) is 0.412. The third kappa shape index (κ3) is 3.87. The van der Waals surface area contributed by atoms with Crippen molar-refractivity contribution in [3.05, 3.63) is 145 Å². The monoisotopic (exact) mass is 670 g/mol. The summed E-state index contributed by atoms with van der Waals surface area (Å²) in [5, 5.41) is 9.68. The van der Waals surface area contributed by atoms with Crippen molar-refractivity contribution in [2.24, 2.45) is 0 Å². The molecule has 0 N–H and O–H groups in total. The summed E-state index contributed by atoms with van der Waals surface area (Å²) in [4.78, 5) is 0. The van der Waals surface area contributed by atoms with Crippen LogP contribution in [0.4, 0.5) is 0 Å². The van der Waals surface area contributed by atoms with E-state index in [9.17, 15) is 0 Å². The minimum atomic E-state index is 0.412. The third-order valence-electron chi connectivity index (χ3n) is 11.9. The smallest absolute Gasteiger partial charge is 0.139 e. The van der Waals surface area contributed by atoms with Gasteiger partial charge >= 0.3 is 0 Å². The number of aromatic nitrogens is 2. The van der Waals surface area contributed by atoms with Gasteiger partial charge in [-0.3, -0.25) is 0 Å². The topological polar surface area (TPSA) is 36.1 Å². The predicted octanol–water partition coefficient (Wildman–Crippen LogP) is 13.7. The first-order valence-electron chi connectivity index (χ1n) is 18.6. The molecule has 12 rings (SSSR count). The van der Waals surface area contributed by atoms with Crippen LogP contribution in [0.3, 0.4) is 0 Å². The number of benzene rings is 7. The van der Waals surface area contributed by atoms with Crippen LogP contribution in [0.25, 0.3) is 98.9 Å². The van der Waals surface area contributed by atoms with Gasteiger partial charge < -0.3 is 18.0 Å². The molecule has 0 radical (unpaired) electrons. The van der Waals surface area contributed by atoms with E-state index in [0.717, 1.165) is 62.7 Å². The van der Waals surface area contributed by atoms with E-state index < -0.39 is 0 Å². The van der Waals surface area contributed by atoms with Gasteiger partial charge in [0.05, 0.1) is 22.1 Å². The number of rotatable bonds is 3. The summed E-state index contributed by atoms with van der Waals surface area (Å²) in [6.45, 7) is 0. The third-order valence-corrected chi connectivity index (χ3v) is 11.9. The molecule has 248 valence electrons. The molecule has 7 aromatic carbocycles. The van der Waals surface area contributed by atoms with E-state index in [2.05, 4.69) is 149 Å². The average molecular weight is 671 g/mol. The Morgan fingerprint density at radius 3 is 1.42 bits per heavy atom. The second-order valence-corrected chi connectivity index (χ2v) is 14.7. The highest BCUT2D eigenvalue weighted by Crippen LogP contribution is 2.48. The predicted molar refractivity (Wildman–Crippen MR) is 216 cm³/mol. The van der Waals surface area contributed by atoms with Gasteiger partial charge in [0, 0.05) is 60.0 Å². The maximum absolute atomic E-state index is 6.97. The molecule has 1 aliphatic carbocycles. The summed E-state index contributed by atoms with van der Waals surface area (Å²) in [5.41, 5.74) is 12.2. The van der Waals surface area contributed by atoms with E-state index in [1.165, 1.54) is 73.8 Å². The fourth-order valence-electron chi connectivity index (χ4n) is 9.64. The van der Waals surface area contributed by atoms with Crippen molar-refractivity contribution >= 4 is 87.5 Å². The normalized spacial score (nSPS) is 14.5. The number of furan rings is 2. The molecule has 4 aromatic heterocycles. The Kier molecular flexibility index (Phi) is 5.81. The van der Waals surface area contributed by atoms with Gasteiger partial charge in [-0.1, -0.05) is 92.1 Å². The van der Waals surface area contributed by atoms with Crippen LogP contribution < -0.4 is 0 Å². The zero-order valence-corrected chi connectivity index (χ0v) is 28.6. The highest BCUT2D eigenvalue weighted by molar-refractivity contribution is 6.18. The van der Waals surface area contributed by atoms with Crippen molar-refractivity contribution in [1.82, 2.24) is 9.13 Å². The van der Waals surface area contributed by atoms with Gasteiger partial charge in [0.15, 0.2) is 0 Å². The lowest BCUT2D eigenvalue weighted by atomic mass is 9.81. The van der Waals surface area contributed by atoms with Gasteiger partial charge in [0.2, 0.25) is 0 Å². The SMILES string of the molecule is c1ccc2c(c1)c1ccccc1n2-c1ccc2oc3c(C4CCCCC4)c4c(cc3c2c1)oc1ccc(-n2c3ccccc3c3ccccc32)cc14. The van der Waals surface area contributed by atoms with Crippen LogP contribution in [-0.2, 0) is 0 Å². The molecule has 0 atom stereocenters. The van der Waals surface area contributed by atoms with E-state index in [4.69, 9.17) is 8.83 Å². The standard InChI is InChI=1S/C48H34N2O2/c1-2-12-29(13-3-1)46-47-38-27-31(50-41-20-10-6-16-34(41)35-17-7-11-21-42(35)50)23-25-44(38)51-45(47)28-37-36-26-30(22-24-43(36)52-48(37)46)49-39-18-8-4-14-32(39)33-15-5-9-19-40(33)49/h4-11,14-29H,1-3,12-13H2. The van der Waals surface area contributed by atoms with Crippen LogP contribution in [-0.4, -0.2) is 9.13 Å². The second kappa shape index (κ2) is 10.6. The van der Waals surface area contributed by atoms with Crippen molar-refractivity contribution in [1.29, 1.82) is 0 Å². The number of hydrogen-bond donors (Lipinski definition) is 0.